The smallest absolute Gasteiger partial charge is 0.255 e. The van der Waals surface area contributed by atoms with Crippen LogP contribution in [0, 0.1) is 0 Å². The topological polar surface area (TPSA) is 63.2 Å². The number of hydrogen-bond donors (Lipinski definition) is 1. The first-order chi connectivity index (χ1) is 12.5. The molecular formula is C21H19NO3S. The van der Waals surface area contributed by atoms with Crippen LogP contribution in [0.5, 0.6) is 0 Å². The zero-order chi connectivity index (χ0) is 18.3. The third-order valence-electron chi connectivity index (χ3n) is 4.98. The lowest BCUT2D eigenvalue weighted by molar-refractivity contribution is 0.102. The number of amides is 1. The lowest BCUT2D eigenvalue weighted by Crippen LogP contribution is -2.13. The van der Waals surface area contributed by atoms with E-state index in [0.29, 0.717) is 5.56 Å². The van der Waals surface area contributed by atoms with Crippen molar-refractivity contribution in [1.29, 1.82) is 0 Å². The SMILES string of the molecule is CCS(=O)(=O)c1ccc(C(=O)Nc2ccc3c4c(cccc24)CC3)cc1. The number of sulfone groups is 1. The quantitative estimate of drug-likeness (QED) is 0.760. The number of hydrogen-bond acceptors (Lipinski definition) is 3. The Kier molecular flexibility index (Phi) is 4.04. The van der Waals surface area contributed by atoms with E-state index in [2.05, 4.69) is 17.4 Å². The number of rotatable bonds is 4. The van der Waals surface area contributed by atoms with Crippen LogP contribution >= 0.6 is 0 Å². The van der Waals surface area contributed by atoms with E-state index < -0.39 is 9.84 Å². The summed E-state index contributed by atoms with van der Waals surface area (Å²) >= 11 is 0. The highest BCUT2D eigenvalue weighted by molar-refractivity contribution is 7.91. The molecule has 1 N–H and O–H groups in total. The van der Waals surface area contributed by atoms with Crippen molar-refractivity contribution in [2.24, 2.45) is 0 Å². The van der Waals surface area contributed by atoms with Crippen LogP contribution < -0.4 is 5.32 Å². The summed E-state index contributed by atoms with van der Waals surface area (Å²) in [5.74, 6) is -0.205. The van der Waals surface area contributed by atoms with Gasteiger partial charge in [-0.15, -0.1) is 0 Å². The molecule has 0 atom stereocenters. The molecule has 1 amide bonds. The highest BCUT2D eigenvalue weighted by atomic mass is 32.2. The van der Waals surface area contributed by atoms with Gasteiger partial charge in [-0.2, -0.15) is 0 Å². The molecule has 0 bridgehead atoms. The highest BCUT2D eigenvalue weighted by Crippen LogP contribution is 2.35. The van der Waals surface area contributed by atoms with Gasteiger partial charge in [-0.3, -0.25) is 4.79 Å². The first-order valence-corrected chi connectivity index (χ1v) is 10.3. The molecule has 0 aliphatic heterocycles. The molecule has 5 heteroatoms. The number of benzene rings is 3. The minimum atomic E-state index is -3.26. The summed E-state index contributed by atoms with van der Waals surface area (Å²) in [6.07, 6.45) is 2.08. The molecule has 3 aromatic carbocycles. The van der Waals surface area contributed by atoms with Crippen molar-refractivity contribution < 1.29 is 13.2 Å². The summed E-state index contributed by atoms with van der Waals surface area (Å²) in [4.78, 5) is 12.9. The summed E-state index contributed by atoms with van der Waals surface area (Å²) in [6.45, 7) is 1.60. The van der Waals surface area contributed by atoms with E-state index in [9.17, 15) is 13.2 Å². The van der Waals surface area contributed by atoms with E-state index in [1.807, 2.05) is 18.2 Å². The molecule has 4 nitrogen and oxygen atoms in total. The maximum absolute atomic E-state index is 12.6. The van der Waals surface area contributed by atoms with Crippen molar-refractivity contribution in [2.75, 3.05) is 11.1 Å². The van der Waals surface area contributed by atoms with Gasteiger partial charge in [-0.25, -0.2) is 8.42 Å². The van der Waals surface area contributed by atoms with Crippen molar-refractivity contribution in [2.45, 2.75) is 24.7 Å². The second kappa shape index (κ2) is 6.25. The fourth-order valence-corrected chi connectivity index (χ4v) is 4.41. The van der Waals surface area contributed by atoms with Crippen LogP contribution in [0.4, 0.5) is 5.69 Å². The molecule has 1 aliphatic carbocycles. The summed E-state index contributed by atoms with van der Waals surface area (Å²) < 4.78 is 23.8. The number of nitrogens with one attached hydrogen (secondary N) is 1. The van der Waals surface area contributed by atoms with Crippen LogP contribution in [0.3, 0.4) is 0 Å². The first kappa shape index (κ1) is 16.8. The number of anilines is 1. The summed E-state index contributed by atoms with van der Waals surface area (Å²) in [6, 6.07) is 16.3. The Morgan fingerprint density at radius 3 is 2.35 bits per heavy atom. The molecular weight excluding hydrogens is 346 g/mol. The van der Waals surface area contributed by atoms with E-state index in [-0.39, 0.29) is 16.6 Å². The Morgan fingerprint density at radius 2 is 1.65 bits per heavy atom. The molecule has 0 spiro atoms. The molecule has 4 rings (SSSR count). The molecule has 3 aromatic rings. The van der Waals surface area contributed by atoms with E-state index >= 15 is 0 Å². The van der Waals surface area contributed by atoms with Gasteiger partial charge in [0, 0.05) is 16.6 Å². The fraction of sp³-hybridized carbons (Fsp3) is 0.190. The summed E-state index contributed by atoms with van der Waals surface area (Å²) in [5.41, 5.74) is 3.86. The van der Waals surface area contributed by atoms with Gasteiger partial charge in [-0.05, 0) is 59.7 Å². The minimum absolute atomic E-state index is 0.0409. The van der Waals surface area contributed by atoms with E-state index in [4.69, 9.17) is 0 Å². The molecule has 0 fully saturated rings. The fourth-order valence-electron chi connectivity index (χ4n) is 3.53. The Balaban J connectivity index is 1.65. The van der Waals surface area contributed by atoms with E-state index in [1.165, 1.54) is 28.6 Å². The highest BCUT2D eigenvalue weighted by Gasteiger charge is 2.17. The van der Waals surface area contributed by atoms with Gasteiger partial charge < -0.3 is 5.32 Å². The Hall–Kier alpha value is -2.66. The predicted octanol–water partition coefficient (Wildman–Crippen LogP) is 3.98. The summed E-state index contributed by atoms with van der Waals surface area (Å²) in [5, 5.41) is 5.26. The molecule has 0 unspecified atom stereocenters. The lowest BCUT2D eigenvalue weighted by Gasteiger charge is -2.11. The van der Waals surface area contributed by atoms with Crippen LogP contribution in [0.1, 0.15) is 28.4 Å². The van der Waals surface area contributed by atoms with Gasteiger partial charge in [0.2, 0.25) is 0 Å². The van der Waals surface area contributed by atoms with Crippen LogP contribution in [-0.4, -0.2) is 20.1 Å². The van der Waals surface area contributed by atoms with Crippen LogP contribution in [0.25, 0.3) is 10.8 Å². The normalized spacial score (nSPS) is 13.1. The Morgan fingerprint density at radius 1 is 0.962 bits per heavy atom. The standard InChI is InChI=1S/C21H19NO3S/c1-2-26(24,25)17-11-8-16(9-12-17)21(23)22-19-13-10-15-7-6-14-4-3-5-18(19)20(14)15/h3-5,8-13H,2,6-7H2,1H3,(H,22,23). The van der Waals surface area contributed by atoms with Gasteiger partial charge in [-0.1, -0.05) is 31.2 Å². The minimum Gasteiger partial charge on any atom is -0.321 e. The largest absolute Gasteiger partial charge is 0.321 e. The van der Waals surface area contributed by atoms with Gasteiger partial charge in [0.25, 0.3) is 5.91 Å². The monoisotopic (exact) mass is 365 g/mol. The maximum atomic E-state index is 12.6. The van der Waals surface area contributed by atoms with Crippen LogP contribution in [0.2, 0.25) is 0 Å². The molecule has 0 saturated heterocycles. The van der Waals surface area contributed by atoms with E-state index in [0.717, 1.165) is 23.9 Å². The lowest BCUT2D eigenvalue weighted by atomic mass is 10.0. The predicted molar refractivity (Wildman–Crippen MR) is 103 cm³/mol. The molecule has 26 heavy (non-hydrogen) atoms. The van der Waals surface area contributed by atoms with Crippen molar-refractivity contribution in [3.8, 4) is 0 Å². The summed E-state index contributed by atoms with van der Waals surface area (Å²) in [7, 11) is -3.26. The Bertz CT molecular complexity index is 1110. The van der Waals surface area contributed by atoms with Crippen LogP contribution in [-0.2, 0) is 22.7 Å². The second-order valence-electron chi connectivity index (χ2n) is 6.49. The number of aryl methyl sites for hydroxylation is 2. The number of carbonyl (C=O) groups excluding carboxylic acids is 1. The molecule has 1 aliphatic rings. The van der Waals surface area contributed by atoms with Crippen molar-refractivity contribution in [1.82, 2.24) is 0 Å². The first-order valence-electron chi connectivity index (χ1n) is 8.67. The average Bonchev–Trinajstić information content (AvgIpc) is 3.09. The van der Waals surface area contributed by atoms with Crippen LogP contribution in [0.15, 0.2) is 59.5 Å². The van der Waals surface area contributed by atoms with Crippen molar-refractivity contribution in [3.63, 3.8) is 0 Å². The van der Waals surface area contributed by atoms with Gasteiger partial charge in [0.15, 0.2) is 9.84 Å². The van der Waals surface area contributed by atoms with Gasteiger partial charge in [0.05, 0.1) is 10.6 Å². The average molecular weight is 365 g/mol. The molecule has 132 valence electrons. The second-order valence-corrected chi connectivity index (χ2v) is 8.77. The zero-order valence-corrected chi connectivity index (χ0v) is 15.3. The van der Waals surface area contributed by atoms with E-state index in [1.54, 1.807) is 19.1 Å². The molecule has 0 heterocycles. The molecule has 0 aromatic heterocycles. The third-order valence-corrected chi connectivity index (χ3v) is 6.73. The van der Waals surface area contributed by atoms with Gasteiger partial charge in [0.1, 0.15) is 0 Å². The Labute approximate surface area is 152 Å². The third kappa shape index (κ3) is 2.78. The molecule has 0 saturated carbocycles. The number of carbonyl (C=O) groups is 1. The maximum Gasteiger partial charge on any atom is 0.255 e. The van der Waals surface area contributed by atoms with Crippen molar-refractivity contribution >= 4 is 32.2 Å². The zero-order valence-electron chi connectivity index (χ0n) is 14.5. The van der Waals surface area contributed by atoms with Gasteiger partial charge >= 0.3 is 0 Å². The van der Waals surface area contributed by atoms with Crippen molar-refractivity contribution in [3.05, 3.63) is 71.3 Å². The molecule has 0 radical (unpaired) electrons.